The fraction of sp³-hybridized carbons (Fsp3) is 0.481. The Balaban J connectivity index is 1.46. The van der Waals surface area contributed by atoms with Gasteiger partial charge in [-0.05, 0) is 87.8 Å². The third-order valence-corrected chi connectivity index (χ3v) is 6.56. The van der Waals surface area contributed by atoms with Crippen LogP contribution >= 0.6 is 0 Å². The van der Waals surface area contributed by atoms with E-state index in [0.717, 1.165) is 37.0 Å². The van der Waals surface area contributed by atoms with E-state index >= 15 is 0 Å². The van der Waals surface area contributed by atoms with Gasteiger partial charge >= 0.3 is 0 Å². The Labute approximate surface area is 191 Å². The van der Waals surface area contributed by atoms with Gasteiger partial charge in [0.05, 0.1) is 11.7 Å². The fourth-order valence-corrected chi connectivity index (χ4v) is 4.85. The number of carbonyl (C=O) groups excluding carboxylic acids is 1. The first kappa shape index (κ1) is 22.5. The summed E-state index contributed by atoms with van der Waals surface area (Å²) < 4.78 is 12.2. The Bertz CT molecular complexity index is 976. The first-order valence-corrected chi connectivity index (χ1v) is 11.7. The van der Waals surface area contributed by atoms with E-state index < -0.39 is 0 Å². The monoisotopic (exact) mass is 434 g/mol. The number of rotatable bonds is 5. The lowest BCUT2D eigenvalue weighted by molar-refractivity contribution is -0.108. The fourth-order valence-electron chi connectivity index (χ4n) is 4.85. The minimum Gasteiger partial charge on any atom is -0.491 e. The van der Waals surface area contributed by atoms with Gasteiger partial charge in [0.1, 0.15) is 12.5 Å². The van der Waals surface area contributed by atoms with E-state index in [-0.39, 0.29) is 17.6 Å². The van der Waals surface area contributed by atoms with Gasteiger partial charge in [-0.15, -0.1) is 0 Å². The van der Waals surface area contributed by atoms with Gasteiger partial charge < -0.3 is 14.4 Å². The van der Waals surface area contributed by atoms with E-state index in [1.807, 2.05) is 62.3 Å². The molecule has 4 rings (SSSR count). The van der Waals surface area contributed by atoms with Crippen molar-refractivity contribution in [1.29, 1.82) is 0 Å². The number of carbonyl (C=O) groups is 1. The van der Waals surface area contributed by atoms with Crippen LogP contribution in [-0.2, 0) is 4.74 Å². The topological polar surface area (TPSA) is 51.7 Å². The largest absolute Gasteiger partial charge is 0.491 e. The Morgan fingerprint density at radius 2 is 2.19 bits per heavy atom. The summed E-state index contributed by atoms with van der Waals surface area (Å²) >= 11 is 0. The molecule has 2 atom stereocenters. The van der Waals surface area contributed by atoms with Crippen molar-refractivity contribution >= 4 is 5.91 Å². The zero-order valence-corrected chi connectivity index (χ0v) is 19.6. The van der Waals surface area contributed by atoms with Gasteiger partial charge in [0, 0.05) is 24.5 Å². The maximum absolute atomic E-state index is 13.1. The van der Waals surface area contributed by atoms with Gasteiger partial charge in [0.15, 0.2) is 0 Å². The summed E-state index contributed by atoms with van der Waals surface area (Å²) in [6, 6.07) is 9.83. The molecule has 0 bridgehead atoms. The van der Waals surface area contributed by atoms with Crippen LogP contribution < -0.4 is 4.74 Å². The highest BCUT2D eigenvalue weighted by Gasteiger charge is 2.40. The minimum absolute atomic E-state index is 0.0124. The Morgan fingerprint density at radius 3 is 2.81 bits per heavy atom. The van der Waals surface area contributed by atoms with Crippen LogP contribution in [0.3, 0.4) is 0 Å². The Hall–Kier alpha value is -2.66. The standard InChI is InChI=1S/C27H34N2O3/c1-5-21-14-24(23-7-6-11-28-17-23)16-27(15-21)10-12-29(18-31-27)26(30)22-8-9-25(20(4)13-22)32-19(2)3/h6-9,11,13,15,17,19,24H,5,10,12,14,16,18H2,1-4H3. The summed E-state index contributed by atoms with van der Waals surface area (Å²) in [5.41, 5.74) is 4.06. The molecule has 2 aliphatic rings. The van der Waals surface area contributed by atoms with Crippen LogP contribution in [-0.4, -0.2) is 40.8 Å². The zero-order valence-electron chi connectivity index (χ0n) is 19.6. The molecule has 170 valence electrons. The molecule has 0 saturated carbocycles. The number of aromatic nitrogens is 1. The van der Waals surface area contributed by atoms with E-state index in [0.29, 0.717) is 24.8 Å². The molecule has 1 saturated heterocycles. The number of ether oxygens (including phenoxy) is 2. The lowest BCUT2D eigenvalue weighted by Crippen LogP contribution is -2.49. The molecule has 1 spiro atoms. The van der Waals surface area contributed by atoms with Crippen molar-refractivity contribution < 1.29 is 14.3 Å². The van der Waals surface area contributed by atoms with Crippen molar-refractivity contribution in [3.63, 3.8) is 0 Å². The van der Waals surface area contributed by atoms with Crippen molar-refractivity contribution in [3.8, 4) is 5.75 Å². The molecular weight excluding hydrogens is 400 g/mol. The van der Waals surface area contributed by atoms with Crippen molar-refractivity contribution in [2.75, 3.05) is 13.3 Å². The SMILES string of the molecule is CCC1=CC2(CCN(C(=O)c3ccc(OC(C)C)c(C)c3)CO2)CC(c2cccnc2)C1. The third kappa shape index (κ3) is 4.88. The first-order valence-electron chi connectivity index (χ1n) is 11.7. The number of benzene rings is 1. The van der Waals surface area contributed by atoms with Crippen molar-refractivity contribution in [3.05, 3.63) is 71.1 Å². The number of amides is 1. The number of nitrogens with zero attached hydrogens (tertiary/aromatic N) is 2. The second-order valence-corrected chi connectivity index (χ2v) is 9.35. The molecule has 1 fully saturated rings. The van der Waals surface area contributed by atoms with Gasteiger partial charge in [-0.25, -0.2) is 0 Å². The van der Waals surface area contributed by atoms with E-state index in [9.17, 15) is 4.79 Å². The van der Waals surface area contributed by atoms with E-state index in [1.54, 1.807) is 0 Å². The predicted molar refractivity (Wildman–Crippen MR) is 126 cm³/mol. The van der Waals surface area contributed by atoms with Crippen LogP contribution in [0.25, 0.3) is 0 Å². The van der Waals surface area contributed by atoms with Crippen LogP contribution in [0.5, 0.6) is 5.75 Å². The number of hydrogen-bond donors (Lipinski definition) is 0. The molecule has 5 nitrogen and oxygen atoms in total. The molecule has 1 aliphatic carbocycles. The van der Waals surface area contributed by atoms with Gasteiger partial charge in [-0.1, -0.05) is 24.6 Å². The average molecular weight is 435 g/mol. The Morgan fingerprint density at radius 1 is 1.34 bits per heavy atom. The van der Waals surface area contributed by atoms with Crippen molar-refractivity contribution in [2.24, 2.45) is 0 Å². The zero-order chi connectivity index (χ0) is 22.7. The minimum atomic E-state index is -0.300. The summed E-state index contributed by atoms with van der Waals surface area (Å²) in [6.07, 6.45) is 10.1. The van der Waals surface area contributed by atoms with E-state index in [1.165, 1.54) is 11.1 Å². The lowest BCUT2D eigenvalue weighted by Gasteiger charge is -2.45. The van der Waals surface area contributed by atoms with Crippen LogP contribution in [0, 0.1) is 6.92 Å². The molecule has 0 radical (unpaired) electrons. The number of pyridine rings is 1. The predicted octanol–water partition coefficient (Wildman–Crippen LogP) is 5.65. The summed E-state index contributed by atoms with van der Waals surface area (Å²) in [5.74, 6) is 1.24. The summed E-state index contributed by atoms with van der Waals surface area (Å²) in [6.45, 7) is 9.20. The van der Waals surface area contributed by atoms with Crippen molar-refractivity contribution in [2.45, 2.75) is 71.0 Å². The second-order valence-electron chi connectivity index (χ2n) is 9.35. The smallest absolute Gasteiger partial charge is 0.255 e. The Kier molecular flexibility index (Phi) is 6.66. The molecular formula is C27H34N2O3. The normalized spacial score (nSPS) is 23.3. The molecule has 1 amide bonds. The lowest BCUT2D eigenvalue weighted by atomic mass is 9.74. The van der Waals surface area contributed by atoms with E-state index in [2.05, 4.69) is 24.1 Å². The van der Waals surface area contributed by atoms with Gasteiger partial charge in [0.2, 0.25) is 0 Å². The maximum atomic E-state index is 13.1. The van der Waals surface area contributed by atoms with Gasteiger partial charge in [-0.2, -0.15) is 0 Å². The number of allylic oxidation sites excluding steroid dienone is 1. The maximum Gasteiger partial charge on any atom is 0.255 e. The average Bonchev–Trinajstić information content (AvgIpc) is 2.80. The highest BCUT2D eigenvalue weighted by molar-refractivity contribution is 5.94. The van der Waals surface area contributed by atoms with Crippen LogP contribution in [0.1, 0.15) is 73.9 Å². The highest BCUT2D eigenvalue weighted by Crippen LogP contribution is 2.43. The van der Waals surface area contributed by atoms with Gasteiger partial charge in [0.25, 0.3) is 5.91 Å². The summed E-state index contributed by atoms with van der Waals surface area (Å²) in [4.78, 5) is 19.3. The third-order valence-electron chi connectivity index (χ3n) is 6.56. The molecule has 2 unspecified atom stereocenters. The number of aryl methyl sites for hydroxylation is 1. The van der Waals surface area contributed by atoms with E-state index in [4.69, 9.17) is 9.47 Å². The molecule has 0 N–H and O–H groups in total. The molecule has 1 aromatic carbocycles. The molecule has 5 heteroatoms. The molecule has 32 heavy (non-hydrogen) atoms. The first-order chi connectivity index (χ1) is 15.4. The van der Waals surface area contributed by atoms with Crippen LogP contribution in [0.4, 0.5) is 0 Å². The summed E-state index contributed by atoms with van der Waals surface area (Å²) in [5, 5.41) is 0. The van der Waals surface area contributed by atoms with Gasteiger partial charge in [-0.3, -0.25) is 9.78 Å². The van der Waals surface area contributed by atoms with Crippen molar-refractivity contribution in [1.82, 2.24) is 9.88 Å². The molecule has 2 aromatic rings. The molecule has 1 aliphatic heterocycles. The highest BCUT2D eigenvalue weighted by atomic mass is 16.5. The molecule has 1 aromatic heterocycles. The second kappa shape index (κ2) is 9.45. The quantitative estimate of drug-likeness (QED) is 0.571. The van der Waals surface area contributed by atoms with Crippen LogP contribution in [0.15, 0.2) is 54.4 Å². The molecule has 2 heterocycles. The summed E-state index contributed by atoms with van der Waals surface area (Å²) in [7, 11) is 0. The number of hydrogen-bond acceptors (Lipinski definition) is 4. The van der Waals surface area contributed by atoms with Crippen LogP contribution in [0.2, 0.25) is 0 Å².